The molecule has 2 rings (SSSR count). The first-order valence-corrected chi connectivity index (χ1v) is 4.95. The molecule has 0 aliphatic heterocycles. The molecule has 3 heteroatoms. The van der Waals surface area contributed by atoms with E-state index in [4.69, 9.17) is 5.73 Å². The van der Waals surface area contributed by atoms with Crippen molar-refractivity contribution in [2.75, 3.05) is 0 Å². The number of nitrogens with zero attached hydrogens (tertiary/aromatic N) is 1. The lowest BCUT2D eigenvalue weighted by molar-refractivity contribution is 0.820. The highest BCUT2D eigenvalue weighted by molar-refractivity contribution is 5.82. The SMILES string of the molecule is CCc1[nH]nc2ccc(C(C)N)cc12. The van der Waals surface area contributed by atoms with Crippen LogP contribution in [0.3, 0.4) is 0 Å². The number of aromatic nitrogens is 2. The lowest BCUT2D eigenvalue weighted by atomic mass is 10.1. The summed E-state index contributed by atoms with van der Waals surface area (Å²) in [6.45, 7) is 4.11. The Hall–Kier alpha value is -1.35. The van der Waals surface area contributed by atoms with Gasteiger partial charge in [-0.25, -0.2) is 0 Å². The van der Waals surface area contributed by atoms with Crippen LogP contribution in [0.5, 0.6) is 0 Å². The van der Waals surface area contributed by atoms with Crippen molar-refractivity contribution in [2.45, 2.75) is 26.3 Å². The van der Waals surface area contributed by atoms with Gasteiger partial charge in [-0.2, -0.15) is 5.10 Å². The van der Waals surface area contributed by atoms with Crippen LogP contribution in [0.15, 0.2) is 18.2 Å². The zero-order valence-electron chi connectivity index (χ0n) is 8.54. The van der Waals surface area contributed by atoms with Gasteiger partial charge < -0.3 is 5.73 Å². The highest BCUT2D eigenvalue weighted by Gasteiger charge is 2.06. The summed E-state index contributed by atoms with van der Waals surface area (Å²) in [5.41, 5.74) is 9.20. The molecule has 0 aliphatic rings. The Morgan fingerprint density at radius 2 is 2.29 bits per heavy atom. The third-order valence-electron chi connectivity index (χ3n) is 2.54. The Kier molecular flexibility index (Phi) is 2.25. The average Bonchev–Trinajstić information content (AvgIpc) is 2.59. The van der Waals surface area contributed by atoms with Crippen LogP contribution in [0, 0.1) is 0 Å². The molecule has 0 fully saturated rings. The van der Waals surface area contributed by atoms with E-state index in [1.807, 2.05) is 19.1 Å². The van der Waals surface area contributed by atoms with Crippen molar-refractivity contribution in [1.29, 1.82) is 0 Å². The van der Waals surface area contributed by atoms with Gasteiger partial charge in [0.1, 0.15) is 0 Å². The molecule has 0 bridgehead atoms. The average molecular weight is 189 g/mol. The van der Waals surface area contributed by atoms with E-state index < -0.39 is 0 Å². The van der Waals surface area contributed by atoms with Crippen molar-refractivity contribution in [3.05, 3.63) is 29.5 Å². The first-order valence-electron chi connectivity index (χ1n) is 4.95. The van der Waals surface area contributed by atoms with Gasteiger partial charge in [-0.05, 0) is 31.0 Å². The topological polar surface area (TPSA) is 54.7 Å². The number of benzene rings is 1. The Morgan fingerprint density at radius 1 is 1.50 bits per heavy atom. The minimum Gasteiger partial charge on any atom is -0.324 e. The summed E-state index contributed by atoms with van der Waals surface area (Å²) in [5.74, 6) is 0. The Morgan fingerprint density at radius 3 is 2.93 bits per heavy atom. The van der Waals surface area contributed by atoms with E-state index in [1.54, 1.807) is 0 Å². The first-order chi connectivity index (χ1) is 6.72. The van der Waals surface area contributed by atoms with Crippen molar-refractivity contribution in [2.24, 2.45) is 5.73 Å². The van der Waals surface area contributed by atoms with Crippen molar-refractivity contribution < 1.29 is 0 Å². The molecule has 1 unspecified atom stereocenters. The number of hydrogen-bond acceptors (Lipinski definition) is 2. The smallest absolute Gasteiger partial charge is 0.0923 e. The van der Waals surface area contributed by atoms with E-state index in [9.17, 15) is 0 Å². The van der Waals surface area contributed by atoms with Gasteiger partial charge in [-0.3, -0.25) is 5.10 Å². The minimum atomic E-state index is 0.0824. The lowest BCUT2D eigenvalue weighted by Crippen LogP contribution is -2.04. The predicted octanol–water partition coefficient (Wildman–Crippen LogP) is 2.15. The monoisotopic (exact) mass is 189 g/mol. The van der Waals surface area contributed by atoms with Crippen LogP contribution in [-0.4, -0.2) is 10.2 Å². The number of hydrogen-bond donors (Lipinski definition) is 2. The number of nitrogens with one attached hydrogen (secondary N) is 1. The number of H-pyrrole nitrogens is 1. The summed E-state index contributed by atoms with van der Waals surface area (Å²) >= 11 is 0. The fourth-order valence-electron chi connectivity index (χ4n) is 1.63. The largest absolute Gasteiger partial charge is 0.324 e. The second kappa shape index (κ2) is 3.42. The predicted molar refractivity (Wildman–Crippen MR) is 58.1 cm³/mol. The minimum absolute atomic E-state index is 0.0824. The van der Waals surface area contributed by atoms with Crippen LogP contribution >= 0.6 is 0 Å². The molecule has 74 valence electrons. The second-order valence-electron chi connectivity index (χ2n) is 3.62. The zero-order valence-corrected chi connectivity index (χ0v) is 8.54. The summed E-state index contributed by atoms with van der Waals surface area (Å²) < 4.78 is 0. The van der Waals surface area contributed by atoms with Gasteiger partial charge in [0, 0.05) is 17.1 Å². The molecular formula is C11H15N3. The third-order valence-corrected chi connectivity index (χ3v) is 2.54. The summed E-state index contributed by atoms with van der Waals surface area (Å²) in [4.78, 5) is 0. The van der Waals surface area contributed by atoms with E-state index in [0.717, 1.165) is 17.5 Å². The quantitative estimate of drug-likeness (QED) is 0.760. The van der Waals surface area contributed by atoms with Gasteiger partial charge in [-0.15, -0.1) is 0 Å². The maximum Gasteiger partial charge on any atom is 0.0923 e. The highest BCUT2D eigenvalue weighted by Crippen LogP contribution is 2.20. The van der Waals surface area contributed by atoms with Gasteiger partial charge in [-0.1, -0.05) is 13.0 Å². The summed E-state index contributed by atoms with van der Waals surface area (Å²) in [7, 11) is 0. The molecule has 0 amide bonds. The van der Waals surface area contributed by atoms with Crippen molar-refractivity contribution >= 4 is 10.9 Å². The zero-order chi connectivity index (χ0) is 10.1. The van der Waals surface area contributed by atoms with Crippen LogP contribution in [0.25, 0.3) is 10.9 Å². The standard InChI is InChI=1S/C11H15N3/c1-3-10-9-6-8(7(2)12)4-5-11(9)14-13-10/h4-7H,3,12H2,1-2H3,(H,13,14). The van der Waals surface area contributed by atoms with E-state index in [2.05, 4.69) is 23.2 Å². The lowest BCUT2D eigenvalue weighted by Gasteiger charge is -2.04. The normalized spacial score (nSPS) is 13.4. The molecule has 2 aromatic rings. The Bertz CT molecular complexity index is 443. The van der Waals surface area contributed by atoms with Gasteiger partial charge >= 0.3 is 0 Å². The van der Waals surface area contributed by atoms with E-state index in [0.29, 0.717) is 0 Å². The molecule has 14 heavy (non-hydrogen) atoms. The third kappa shape index (κ3) is 1.40. The number of aromatic amines is 1. The fraction of sp³-hybridized carbons (Fsp3) is 0.364. The van der Waals surface area contributed by atoms with Crippen molar-refractivity contribution in [1.82, 2.24) is 10.2 Å². The molecule has 0 saturated heterocycles. The number of fused-ring (bicyclic) bond motifs is 1. The van der Waals surface area contributed by atoms with Crippen LogP contribution < -0.4 is 5.73 Å². The van der Waals surface area contributed by atoms with E-state index in [-0.39, 0.29) is 6.04 Å². The van der Waals surface area contributed by atoms with Crippen molar-refractivity contribution in [3.63, 3.8) is 0 Å². The first kappa shape index (κ1) is 9.21. The molecule has 1 heterocycles. The molecule has 0 spiro atoms. The van der Waals surface area contributed by atoms with Crippen LogP contribution in [0.1, 0.15) is 31.1 Å². The van der Waals surface area contributed by atoms with Gasteiger partial charge in [0.25, 0.3) is 0 Å². The molecule has 1 atom stereocenters. The van der Waals surface area contributed by atoms with Gasteiger partial charge in [0.2, 0.25) is 0 Å². The second-order valence-corrected chi connectivity index (χ2v) is 3.62. The Balaban J connectivity index is 2.61. The molecule has 3 nitrogen and oxygen atoms in total. The molecule has 0 saturated carbocycles. The number of aryl methyl sites for hydroxylation is 1. The summed E-state index contributed by atoms with van der Waals surface area (Å²) in [6.07, 6.45) is 0.971. The van der Waals surface area contributed by atoms with Crippen LogP contribution in [-0.2, 0) is 6.42 Å². The van der Waals surface area contributed by atoms with Crippen LogP contribution in [0.2, 0.25) is 0 Å². The van der Waals surface area contributed by atoms with Crippen LogP contribution in [0.4, 0.5) is 0 Å². The molecule has 1 aromatic carbocycles. The molecule has 1 aromatic heterocycles. The number of rotatable bonds is 2. The maximum absolute atomic E-state index is 5.83. The summed E-state index contributed by atoms with van der Waals surface area (Å²) in [5, 5.41) is 8.46. The summed E-state index contributed by atoms with van der Waals surface area (Å²) in [6, 6.07) is 6.26. The molecule has 0 aliphatic carbocycles. The molecular weight excluding hydrogens is 174 g/mol. The maximum atomic E-state index is 5.83. The van der Waals surface area contributed by atoms with Gasteiger partial charge in [0.15, 0.2) is 0 Å². The van der Waals surface area contributed by atoms with E-state index >= 15 is 0 Å². The van der Waals surface area contributed by atoms with E-state index in [1.165, 1.54) is 11.1 Å². The van der Waals surface area contributed by atoms with Crippen molar-refractivity contribution in [3.8, 4) is 0 Å². The Labute approximate surface area is 83.3 Å². The highest BCUT2D eigenvalue weighted by atomic mass is 15.1. The molecule has 3 N–H and O–H groups in total. The molecule has 0 radical (unpaired) electrons. The number of nitrogens with two attached hydrogens (primary N) is 1. The fourth-order valence-corrected chi connectivity index (χ4v) is 1.63. The van der Waals surface area contributed by atoms with Gasteiger partial charge in [0.05, 0.1) is 5.52 Å².